The number of aldehydes is 1. The van der Waals surface area contributed by atoms with E-state index in [4.69, 9.17) is 0 Å². The Morgan fingerprint density at radius 1 is 1.75 bits per heavy atom. The minimum absolute atomic E-state index is 0.0723. The topological polar surface area (TPSA) is 37.4 Å². The Balaban J connectivity index is 2.71. The highest BCUT2D eigenvalue weighted by atomic mass is 32.2. The first-order valence-electron chi connectivity index (χ1n) is 3.98. The molecule has 1 saturated heterocycles. The van der Waals surface area contributed by atoms with Gasteiger partial charge < -0.3 is 9.69 Å². The van der Waals surface area contributed by atoms with Crippen molar-refractivity contribution in [2.45, 2.75) is 18.1 Å². The SMILES string of the molecule is CCSC1(C=O)CC(=O)N(C)C1. The molecule has 0 N–H and O–H groups in total. The van der Waals surface area contributed by atoms with Crippen LogP contribution < -0.4 is 0 Å². The normalized spacial score (nSPS) is 29.5. The average Bonchev–Trinajstić information content (AvgIpc) is 2.30. The highest BCUT2D eigenvalue weighted by Crippen LogP contribution is 2.33. The molecule has 0 saturated carbocycles. The van der Waals surface area contributed by atoms with Crippen LogP contribution in [0.4, 0.5) is 0 Å². The number of carbonyl (C=O) groups is 2. The summed E-state index contributed by atoms with van der Waals surface area (Å²) in [6, 6.07) is 0. The largest absolute Gasteiger partial charge is 0.344 e. The van der Waals surface area contributed by atoms with Crippen molar-refractivity contribution in [3.05, 3.63) is 0 Å². The monoisotopic (exact) mass is 187 g/mol. The first kappa shape index (κ1) is 9.58. The Kier molecular flexibility index (Phi) is 2.77. The molecule has 68 valence electrons. The van der Waals surface area contributed by atoms with Gasteiger partial charge in [0.25, 0.3) is 0 Å². The minimum atomic E-state index is -0.458. The molecular formula is C8H13NO2S. The second-order valence-corrected chi connectivity index (χ2v) is 4.72. The summed E-state index contributed by atoms with van der Waals surface area (Å²) < 4.78 is -0.458. The number of rotatable bonds is 3. The van der Waals surface area contributed by atoms with E-state index in [2.05, 4.69) is 0 Å². The van der Waals surface area contributed by atoms with Gasteiger partial charge in [-0.3, -0.25) is 4.79 Å². The molecule has 1 unspecified atom stereocenters. The van der Waals surface area contributed by atoms with Crippen LogP contribution in [0.5, 0.6) is 0 Å². The first-order valence-corrected chi connectivity index (χ1v) is 4.96. The molecule has 0 radical (unpaired) electrons. The summed E-state index contributed by atoms with van der Waals surface area (Å²) in [5.41, 5.74) is 0. The molecule has 0 aromatic carbocycles. The zero-order valence-corrected chi connectivity index (χ0v) is 8.19. The first-order chi connectivity index (χ1) is 5.63. The Bertz CT molecular complexity index is 207. The lowest BCUT2D eigenvalue weighted by atomic mass is 10.1. The Morgan fingerprint density at radius 2 is 2.42 bits per heavy atom. The van der Waals surface area contributed by atoms with E-state index in [0.29, 0.717) is 13.0 Å². The fourth-order valence-corrected chi connectivity index (χ4v) is 2.59. The molecule has 1 amide bonds. The fourth-order valence-electron chi connectivity index (χ4n) is 1.43. The average molecular weight is 187 g/mol. The van der Waals surface area contributed by atoms with Gasteiger partial charge >= 0.3 is 0 Å². The van der Waals surface area contributed by atoms with Crippen molar-refractivity contribution in [2.75, 3.05) is 19.3 Å². The molecule has 1 fully saturated rings. The molecule has 1 heterocycles. The molecule has 0 aromatic heterocycles. The van der Waals surface area contributed by atoms with Crippen LogP contribution in [0.2, 0.25) is 0 Å². The van der Waals surface area contributed by atoms with Gasteiger partial charge in [0, 0.05) is 20.0 Å². The summed E-state index contributed by atoms with van der Waals surface area (Å²) in [4.78, 5) is 23.6. The standard InChI is InChI=1S/C8H13NO2S/c1-3-12-8(6-10)4-7(11)9(2)5-8/h6H,3-5H2,1-2H3. The van der Waals surface area contributed by atoms with Gasteiger partial charge in [-0.15, -0.1) is 11.8 Å². The van der Waals surface area contributed by atoms with Crippen molar-refractivity contribution in [1.29, 1.82) is 0 Å². The maximum atomic E-state index is 11.2. The molecule has 4 heteroatoms. The zero-order valence-electron chi connectivity index (χ0n) is 7.37. The highest BCUT2D eigenvalue weighted by molar-refractivity contribution is 8.01. The van der Waals surface area contributed by atoms with E-state index >= 15 is 0 Å². The lowest BCUT2D eigenvalue weighted by Gasteiger charge is -2.19. The number of carbonyl (C=O) groups excluding carboxylic acids is 2. The quantitative estimate of drug-likeness (QED) is 0.605. The van der Waals surface area contributed by atoms with E-state index in [9.17, 15) is 9.59 Å². The fraction of sp³-hybridized carbons (Fsp3) is 0.750. The van der Waals surface area contributed by atoms with Crippen molar-refractivity contribution >= 4 is 24.0 Å². The minimum Gasteiger partial charge on any atom is -0.344 e. The predicted octanol–water partition coefficient (Wildman–Crippen LogP) is 0.539. The Morgan fingerprint density at radius 3 is 2.75 bits per heavy atom. The van der Waals surface area contributed by atoms with Crippen LogP contribution >= 0.6 is 11.8 Å². The van der Waals surface area contributed by atoms with Crippen molar-refractivity contribution in [3.63, 3.8) is 0 Å². The van der Waals surface area contributed by atoms with E-state index in [-0.39, 0.29) is 5.91 Å². The summed E-state index contributed by atoms with van der Waals surface area (Å²) in [5, 5.41) is 0. The van der Waals surface area contributed by atoms with Gasteiger partial charge in [0.1, 0.15) is 6.29 Å². The van der Waals surface area contributed by atoms with Gasteiger partial charge in [0.15, 0.2) is 0 Å². The predicted molar refractivity (Wildman–Crippen MR) is 49.2 cm³/mol. The molecular weight excluding hydrogens is 174 g/mol. The number of hydrogen-bond acceptors (Lipinski definition) is 3. The molecule has 0 aromatic rings. The Labute approximate surface area is 76.5 Å². The van der Waals surface area contributed by atoms with E-state index in [1.54, 1.807) is 23.7 Å². The molecule has 12 heavy (non-hydrogen) atoms. The summed E-state index contributed by atoms with van der Waals surface area (Å²) in [6.45, 7) is 2.56. The van der Waals surface area contributed by atoms with Gasteiger partial charge in [-0.25, -0.2) is 0 Å². The van der Waals surface area contributed by atoms with Gasteiger partial charge in [-0.2, -0.15) is 0 Å². The maximum absolute atomic E-state index is 11.2. The molecule has 1 aliphatic heterocycles. The van der Waals surface area contributed by atoms with Crippen LogP contribution in [0, 0.1) is 0 Å². The second-order valence-electron chi connectivity index (χ2n) is 3.04. The van der Waals surface area contributed by atoms with Gasteiger partial charge in [-0.1, -0.05) is 6.92 Å². The molecule has 0 aliphatic carbocycles. The van der Waals surface area contributed by atoms with Crippen LogP contribution in [-0.2, 0) is 9.59 Å². The van der Waals surface area contributed by atoms with E-state index in [0.717, 1.165) is 12.0 Å². The lowest BCUT2D eigenvalue weighted by Crippen LogP contribution is -2.30. The highest BCUT2D eigenvalue weighted by Gasteiger charge is 2.41. The number of likely N-dealkylation sites (tertiary alicyclic amines) is 1. The molecule has 0 bridgehead atoms. The third-order valence-corrected chi connectivity index (χ3v) is 3.26. The van der Waals surface area contributed by atoms with Gasteiger partial charge in [0.05, 0.1) is 4.75 Å². The molecule has 1 atom stereocenters. The summed E-state index contributed by atoms with van der Waals surface area (Å²) >= 11 is 1.56. The van der Waals surface area contributed by atoms with Crippen molar-refractivity contribution in [1.82, 2.24) is 4.90 Å². The van der Waals surface area contributed by atoms with Crippen LogP contribution in [-0.4, -0.2) is 41.2 Å². The van der Waals surface area contributed by atoms with Crippen LogP contribution in [0.3, 0.4) is 0 Å². The van der Waals surface area contributed by atoms with Crippen molar-refractivity contribution in [3.8, 4) is 0 Å². The molecule has 0 spiro atoms. The third kappa shape index (κ3) is 1.63. The van der Waals surface area contributed by atoms with Crippen LogP contribution in [0.1, 0.15) is 13.3 Å². The maximum Gasteiger partial charge on any atom is 0.224 e. The second kappa shape index (κ2) is 3.47. The number of amides is 1. The van der Waals surface area contributed by atoms with Gasteiger partial charge in [-0.05, 0) is 5.75 Å². The number of thioether (sulfide) groups is 1. The molecule has 3 nitrogen and oxygen atoms in total. The van der Waals surface area contributed by atoms with Crippen molar-refractivity contribution in [2.24, 2.45) is 0 Å². The molecule has 1 aliphatic rings. The lowest BCUT2D eigenvalue weighted by molar-refractivity contribution is -0.126. The summed E-state index contributed by atoms with van der Waals surface area (Å²) in [6.07, 6.45) is 1.29. The van der Waals surface area contributed by atoms with Crippen LogP contribution in [0.15, 0.2) is 0 Å². The van der Waals surface area contributed by atoms with Crippen molar-refractivity contribution < 1.29 is 9.59 Å². The molecule has 1 rings (SSSR count). The smallest absolute Gasteiger partial charge is 0.224 e. The summed E-state index contributed by atoms with van der Waals surface area (Å²) in [5.74, 6) is 0.947. The zero-order chi connectivity index (χ0) is 9.19. The van der Waals surface area contributed by atoms with E-state index < -0.39 is 4.75 Å². The number of hydrogen-bond donors (Lipinski definition) is 0. The number of nitrogens with zero attached hydrogens (tertiary/aromatic N) is 1. The van der Waals surface area contributed by atoms with E-state index in [1.807, 2.05) is 6.92 Å². The summed E-state index contributed by atoms with van der Waals surface area (Å²) in [7, 11) is 1.74. The Hall–Kier alpha value is -0.510. The van der Waals surface area contributed by atoms with E-state index in [1.165, 1.54) is 0 Å². The van der Waals surface area contributed by atoms with Crippen LogP contribution in [0.25, 0.3) is 0 Å². The van der Waals surface area contributed by atoms with Gasteiger partial charge in [0.2, 0.25) is 5.91 Å². The third-order valence-electron chi connectivity index (χ3n) is 2.03.